The van der Waals surface area contributed by atoms with Gasteiger partial charge in [0, 0.05) is 50.0 Å². The zero-order valence-corrected chi connectivity index (χ0v) is 36.4. The topological polar surface area (TPSA) is 146 Å². The van der Waals surface area contributed by atoms with E-state index in [9.17, 15) is 28.3 Å². The molecule has 2 aliphatic rings. The molecule has 0 spiro atoms. The van der Waals surface area contributed by atoms with Gasteiger partial charge in [-0.15, -0.1) is 22.7 Å². The molecule has 3 N–H and O–H groups in total. The van der Waals surface area contributed by atoms with Crippen molar-refractivity contribution in [2.24, 2.45) is 5.41 Å². The van der Waals surface area contributed by atoms with Crippen LogP contribution in [0.1, 0.15) is 77.0 Å². The van der Waals surface area contributed by atoms with E-state index in [0.717, 1.165) is 65.2 Å². The highest BCUT2D eigenvalue weighted by Crippen LogP contribution is 2.37. The Hall–Kier alpha value is -4.51. The number of hydrogen-bond acceptors (Lipinski definition) is 11. The Balaban J connectivity index is 0.921. The molecule has 2 saturated heterocycles. The Bertz CT molecular complexity index is 2070. The molecule has 0 bridgehead atoms. The van der Waals surface area contributed by atoms with E-state index in [1.807, 2.05) is 62.9 Å². The SMILES string of the molecule is Cc1ncsc1-c1ccc(CCNC(=O)[C@@H]2C[C@H](O)CN2C(=O)[C@@H](NC(=O)CCCCCCCOc2c(-c3csc(N4CCOCC4)n3)ccc(F)c2F)C(C)(C)C)cc1. The number of aliphatic hydroxyl groups is 1. The maximum Gasteiger partial charge on any atom is 0.246 e. The maximum atomic E-state index is 14.9. The van der Waals surface area contributed by atoms with Crippen molar-refractivity contribution in [3.05, 3.63) is 70.2 Å². The molecule has 3 amide bonds. The van der Waals surface area contributed by atoms with Crippen LogP contribution in [-0.4, -0.2) is 102 Å². The predicted octanol–water partition coefficient (Wildman–Crippen LogP) is 6.93. The highest BCUT2D eigenvalue weighted by Gasteiger charge is 2.44. The van der Waals surface area contributed by atoms with Crippen LogP contribution in [0.5, 0.6) is 5.75 Å². The smallest absolute Gasteiger partial charge is 0.246 e. The molecule has 0 saturated carbocycles. The second-order valence-corrected chi connectivity index (χ2v) is 18.2. The quantitative estimate of drug-likeness (QED) is 0.0908. The molecular weight excluding hydrogens is 811 g/mol. The van der Waals surface area contributed by atoms with Crippen molar-refractivity contribution < 1.29 is 37.7 Å². The third-order valence-corrected chi connectivity index (χ3v) is 12.7. The van der Waals surface area contributed by atoms with Gasteiger partial charge in [-0.05, 0) is 54.9 Å². The molecule has 3 atom stereocenters. The number of hydrogen-bond donors (Lipinski definition) is 3. The fraction of sp³-hybridized carbons (Fsp3) is 0.523. The second kappa shape index (κ2) is 20.8. The number of ether oxygens (including phenoxy) is 2. The summed E-state index contributed by atoms with van der Waals surface area (Å²) in [5.74, 6) is -3.17. The van der Waals surface area contributed by atoms with E-state index in [0.29, 0.717) is 50.3 Å². The van der Waals surface area contributed by atoms with E-state index < -0.39 is 41.1 Å². The van der Waals surface area contributed by atoms with E-state index in [4.69, 9.17) is 9.47 Å². The monoisotopic (exact) mass is 866 g/mol. The molecule has 0 aliphatic carbocycles. The Kier molecular flexibility index (Phi) is 15.6. The first-order valence-corrected chi connectivity index (χ1v) is 22.5. The molecule has 2 aromatic heterocycles. The molecule has 12 nitrogen and oxygen atoms in total. The molecule has 324 valence electrons. The molecule has 0 radical (unpaired) electrons. The summed E-state index contributed by atoms with van der Waals surface area (Å²) in [6.07, 6.45) is 3.60. The number of benzene rings is 2. The largest absolute Gasteiger partial charge is 0.490 e. The Morgan fingerprint density at radius 1 is 1.02 bits per heavy atom. The summed E-state index contributed by atoms with van der Waals surface area (Å²) < 4.78 is 40.4. The van der Waals surface area contributed by atoms with Crippen LogP contribution >= 0.6 is 22.7 Å². The average molecular weight is 867 g/mol. The van der Waals surface area contributed by atoms with Gasteiger partial charge in [-0.2, -0.15) is 4.39 Å². The minimum atomic E-state index is -1.04. The van der Waals surface area contributed by atoms with Crippen LogP contribution in [-0.2, 0) is 25.5 Å². The van der Waals surface area contributed by atoms with Crippen LogP contribution in [0.2, 0.25) is 0 Å². The molecule has 0 unspecified atom stereocenters. The van der Waals surface area contributed by atoms with Crippen molar-refractivity contribution in [1.82, 2.24) is 25.5 Å². The van der Waals surface area contributed by atoms with E-state index in [1.165, 1.54) is 22.3 Å². The number of aliphatic hydroxyl groups excluding tert-OH is 1. The third kappa shape index (κ3) is 11.6. The number of rotatable bonds is 18. The number of halogens is 2. The number of thiazole rings is 2. The van der Waals surface area contributed by atoms with Crippen LogP contribution < -0.4 is 20.3 Å². The number of unbranched alkanes of at least 4 members (excludes halogenated alkanes) is 4. The van der Waals surface area contributed by atoms with E-state index in [1.54, 1.807) is 11.3 Å². The summed E-state index contributed by atoms with van der Waals surface area (Å²) >= 11 is 3.04. The maximum absolute atomic E-state index is 14.9. The summed E-state index contributed by atoms with van der Waals surface area (Å²) in [5.41, 5.74) is 5.24. The number of likely N-dealkylation sites (tertiary alicyclic amines) is 1. The van der Waals surface area contributed by atoms with Gasteiger partial charge < -0.3 is 35.0 Å². The van der Waals surface area contributed by atoms with Gasteiger partial charge in [0.15, 0.2) is 16.7 Å². The zero-order chi connectivity index (χ0) is 42.8. The third-order valence-electron chi connectivity index (χ3n) is 10.9. The Morgan fingerprint density at radius 3 is 2.47 bits per heavy atom. The van der Waals surface area contributed by atoms with E-state index in [2.05, 4.69) is 25.5 Å². The number of nitrogens with zero attached hydrogens (tertiary/aromatic N) is 4. The van der Waals surface area contributed by atoms with Gasteiger partial charge in [0.2, 0.25) is 23.5 Å². The fourth-order valence-electron chi connectivity index (χ4n) is 7.46. The Morgan fingerprint density at radius 2 is 1.75 bits per heavy atom. The molecule has 4 heterocycles. The zero-order valence-electron chi connectivity index (χ0n) is 34.8. The second-order valence-electron chi connectivity index (χ2n) is 16.5. The van der Waals surface area contributed by atoms with Gasteiger partial charge in [-0.25, -0.2) is 14.4 Å². The van der Waals surface area contributed by atoms with Crippen LogP contribution in [0.4, 0.5) is 13.9 Å². The number of carbonyl (C=O) groups excluding carboxylic acids is 3. The van der Waals surface area contributed by atoms with Crippen LogP contribution in [0.15, 0.2) is 47.3 Å². The van der Waals surface area contributed by atoms with E-state index >= 15 is 0 Å². The van der Waals surface area contributed by atoms with Gasteiger partial charge in [0.1, 0.15) is 12.1 Å². The lowest BCUT2D eigenvalue weighted by Gasteiger charge is -2.35. The summed E-state index contributed by atoms with van der Waals surface area (Å²) in [7, 11) is 0. The molecule has 2 fully saturated rings. The first-order chi connectivity index (χ1) is 28.8. The van der Waals surface area contributed by atoms with E-state index in [-0.39, 0.29) is 43.6 Å². The number of nitrogens with one attached hydrogen (secondary N) is 2. The first kappa shape index (κ1) is 45.0. The van der Waals surface area contributed by atoms with Crippen molar-refractivity contribution in [1.29, 1.82) is 0 Å². The van der Waals surface area contributed by atoms with Crippen LogP contribution in [0, 0.1) is 24.0 Å². The average Bonchev–Trinajstić information content (AvgIpc) is 4.00. The molecular formula is C44H56F2N6O6S2. The van der Waals surface area contributed by atoms with Gasteiger partial charge in [0.25, 0.3) is 0 Å². The van der Waals surface area contributed by atoms with Crippen molar-refractivity contribution in [2.45, 2.75) is 97.2 Å². The van der Waals surface area contributed by atoms with Gasteiger partial charge in [-0.3, -0.25) is 14.4 Å². The number of morpholine rings is 1. The number of β-amino-alcohol motifs (C(OH)–C–C–N with tert-alkyl or cyclic N) is 1. The predicted molar refractivity (Wildman–Crippen MR) is 230 cm³/mol. The molecule has 60 heavy (non-hydrogen) atoms. The lowest BCUT2D eigenvalue weighted by Crippen LogP contribution is -2.57. The van der Waals surface area contributed by atoms with Gasteiger partial charge >= 0.3 is 0 Å². The minimum Gasteiger partial charge on any atom is -0.490 e. The number of aromatic nitrogens is 2. The molecule has 6 rings (SSSR count). The molecule has 4 aromatic rings. The highest BCUT2D eigenvalue weighted by molar-refractivity contribution is 7.14. The van der Waals surface area contributed by atoms with Gasteiger partial charge in [-0.1, -0.05) is 64.3 Å². The number of carbonyl (C=O) groups is 3. The number of anilines is 1. The summed E-state index contributed by atoms with van der Waals surface area (Å²) in [6, 6.07) is 8.99. The van der Waals surface area contributed by atoms with Crippen LogP contribution in [0.3, 0.4) is 0 Å². The number of aryl methyl sites for hydroxylation is 1. The molecule has 2 aromatic carbocycles. The fourth-order valence-corrected chi connectivity index (χ4v) is 9.15. The number of amides is 3. The van der Waals surface area contributed by atoms with Crippen molar-refractivity contribution in [2.75, 3.05) is 50.9 Å². The van der Waals surface area contributed by atoms with Gasteiger partial charge in [0.05, 0.1) is 47.7 Å². The van der Waals surface area contributed by atoms with Crippen molar-refractivity contribution in [3.8, 4) is 27.4 Å². The molecule has 16 heteroatoms. The standard InChI is InChI=1S/C44H56F2N6O6S2/c1-28-39(60-27-48-28)30-13-11-29(12-14-30)17-18-47-41(55)35-24-31(53)25-52(35)42(56)40(44(2,3)4)50-36(54)10-8-6-5-7-9-21-58-38-32(15-16-33(45)37(38)46)34-26-59-43(49-34)51-19-22-57-23-20-51/h11-16,26-27,31,35,40,53H,5-10,17-25H2,1-4H3,(H,47,55)(H,50,54)/t31-,35-,40+/m0/s1. The van der Waals surface area contributed by atoms with Crippen molar-refractivity contribution in [3.63, 3.8) is 0 Å². The lowest BCUT2D eigenvalue weighted by atomic mass is 9.85. The Labute approximate surface area is 358 Å². The van der Waals surface area contributed by atoms with Crippen molar-refractivity contribution >= 4 is 45.5 Å². The summed E-state index contributed by atoms with van der Waals surface area (Å²) in [4.78, 5) is 54.1. The first-order valence-electron chi connectivity index (χ1n) is 20.7. The highest BCUT2D eigenvalue weighted by atomic mass is 32.1. The summed E-state index contributed by atoms with van der Waals surface area (Å²) in [5, 5.41) is 19.0. The summed E-state index contributed by atoms with van der Waals surface area (Å²) in [6.45, 7) is 10.8. The lowest BCUT2D eigenvalue weighted by molar-refractivity contribution is -0.144. The minimum absolute atomic E-state index is 0.00936. The van der Waals surface area contributed by atoms with Crippen LogP contribution in [0.25, 0.3) is 21.7 Å². The molecule has 2 aliphatic heterocycles. The normalized spacial score (nSPS) is 17.4.